The molecule has 18 heavy (non-hydrogen) atoms. The number of halogens is 1. The number of rotatable bonds is 2. The minimum absolute atomic E-state index is 0.161. The predicted octanol–water partition coefficient (Wildman–Crippen LogP) is 1.53. The van der Waals surface area contributed by atoms with Crippen LogP contribution in [0.5, 0.6) is 0 Å². The van der Waals surface area contributed by atoms with Crippen LogP contribution >= 0.6 is 0 Å². The van der Waals surface area contributed by atoms with Gasteiger partial charge in [-0.25, -0.2) is 9.18 Å². The monoisotopic (exact) mass is 251 g/mol. The molecule has 4 nitrogen and oxygen atoms in total. The van der Waals surface area contributed by atoms with E-state index in [1.807, 2.05) is 0 Å². The van der Waals surface area contributed by atoms with Gasteiger partial charge in [-0.1, -0.05) is 12.1 Å². The lowest BCUT2D eigenvalue weighted by Gasteiger charge is -2.33. The molecule has 0 aliphatic carbocycles. The van der Waals surface area contributed by atoms with E-state index in [0.717, 1.165) is 0 Å². The highest BCUT2D eigenvalue weighted by atomic mass is 19.1. The van der Waals surface area contributed by atoms with Crippen molar-refractivity contribution in [3.8, 4) is 0 Å². The fraction of sp³-hybridized carbons (Fsp3) is 0.308. The average Bonchev–Trinajstić information content (AvgIpc) is 2.31. The predicted molar refractivity (Wildman–Crippen MR) is 63.2 cm³/mol. The van der Waals surface area contributed by atoms with Gasteiger partial charge in [0.05, 0.1) is 5.57 Å². The van der Waals surface area contributed by atoms with E-state index in [-0.39, 0.29) is 12.0 Å². The van der Waals surface area contributed by atoms with Gasteiger partial charge in [0.2, 0.25) is 0 Å². The number of carboxylic acids is 1. The number of hydrogen-bond acceptors (Lipinski definition) is 3. The van der Waals surface area contributed by atoms with Crippen molar-refractivity contribution in [3.63, 3.8) is 0 Å². The summed E-state index contributed by atoms with van der Waals surface area (Å²) in [5.74, 6) is -1.96. The van der Waals surface area contributed by atoms with E-state index in [0.29, 0.717) is 5.56 Å². The maximum atomic E-state index is 13.2. The minimum Gasteiger partial charge on any atom is -0.478 e. The van der Waals surface area contributed by atoms with E-state index in [9.17, 15) is 19.4 Å². The molecule has 1 aliphatic heterocycles. The Balaban J connectivity index is 2.42. The molecule has 2 rings (SSSR count). The van der Waals surface area contributed by atoms with Gasteiger partial charge in [-0.3, -0.25) is 0 Å². The maximum absolute atomic E-state index is 13.2. The Hall–Kier alpha value is -1.88. The van der Waals surface area contributed by atoms with Crippen LogP contribution < -0.4 is 0 Å². The number of nitrogens with zero attached hydrogens (tertiary/aromatic N) is 1. The quantitative estimate of drug-likeness (QED) is 0.836. The molecule has 5 heteroatoms. The summed E-state index contributed by atoms with van der Waals surface area (Å²) in [5, 5.41) is 18.9. The Bertz CT molecular complexity index is 501. The Morgan fingerprint density at radius 1 is 1.50 bits per heavy atom. The first-order chi connectivity index (χ1) is 8.49. The first-order valence-electron chi connectivity index (χ1n) is 5.59. The van der Waals surface area contributed by atoms with Crippen LogP contribution in [-0.4, -0.2) is 34.4 Å². The van der Waals surface area contributed by atoms with E-state index in [4.69, 9.17) is 0 Å². The Morgan fingerprint density at radius 3 is 2.83 bits per heavy atom. The summed E-state index contributed by atoms with van der Waals surface area (Å²) in [4.78, 5) is 12.6. The van der Waals surface area contributed by atoms with Gasteiger partial charge in [0.1, 0.15) is 12.0 Å². The molecule has 1 aromatic rings. The second-order valence-corrected chi connectivity index (χ2v) is 4.38. The van der Waals surface area contributed by atoms with E-state index >= 15 is 0 Å². The van der Waals surface area contributed by atoms with Crippen LogP contribution in [-0.2, 0) is 4.79 Å². The van der Waals surface area contributed by atoms with E-state index in [1.165, 1.54) is 29.3 Å². The summed E-state index contributed by atoms with van der Waals surface area (Å²) in [6, 6.07) is 5.82. The van der Waals surface area contributed by atoms with Crippen molar-refractivity contribution < 1.29 is 19.4 Å². The van der Waals surface area contributed by atoms with Crippen molar-refractivity contribution in [2.75, 3.05) is 7.05 Å². The van der Waals surface area contributed by atoms with Crippen LogP contribution in [0.25, 0.3) is 0 Å². The molecule has 1 aliphatic rings. The normalized spacial score (nSPS) is 23.7. The molecule has 0 spiro atoms. The molecule has 2 atom stereocenters. The van der Waals surface area contributed by atoms with Crippen molar-refractivity contribution in [1.82, 2.24) is 4.90 Å². The summed E-state index contributed by atoms with van der Waals surface area (Å²) in [6.07, 6.45) is 0.867. The molecule has 0 saturated heterocycles. The fourth-order valence-corrected chi connectivity index (χ4v) is 2.14. The molecule has 0 saturated carbocycles. The molecule has 1 heterocycles. The van der Waals surface area contributed by atoms with Crippen LogP contribution in [0, 0.1) is 5.82 Å². The molecule has 0 amide bonds. The molecule has 0 radical (unpaired) electrons. The van der Waals surface area contributed by atoms with Crippen LogP contribution in [0.1, 0.15) is 17.9 Å². The van der Waals surface area contributed by atoms with E-state index < -0.39 is 23.9 Å². The van der Waals surface area contributed by atoms with Gasteiger partial charge in [-0.2, -0.15) is 0 Å². The largest absolute Gasteiger partial charge is 0.478 e. The standard InChI is InChI=1S/C13H14FNO3/c1-15-7-11(13(17)18)10(6-12(15)16)8-3-2-4-9(14)5-8/h2-5,7,10,12,16H,6H2,1H3,(H,17,18). The lowest BCUT2D eigenvalue weighted by atomic mass is 9.85. The number of carbonyl (C=O) groups is 1. The maximum Gasteiger partial charge on any atom is 0.333 e. The third-order valence-corrected chi connectivity index (χ3v) is 3.13. The van der Waals surface area contributed by atoms with Crippen molar-refractivity contribution in [2.24, 2.45) is 0 Å². The van der Waals surface area contributed by atoms with Crippen molar-refractivity contribution in [1.29, 1.82) is 0 Å². The summed E-state index contributed by atoms with van der Waals surface area (Å²) >= 11 is 0. The van der Waals surface area contributed by atoms with Gasteiger partial charge in [-0.15, -0.1) is 0 Å². The van der Waals surface area contributed by atoms with Crippen LogP contribution in [0.15, 0.2) is 36.0 Å². The third-order valence-electron chi connectivity index (χ3n) is 3.13. The van der Waals surface area contributed by atoms with Crippen molar-refractivity contribution in [2.45, 2.75) is 18.6 Å². The molecule has 0 fully saturated rings. The van der Waals surface area contributed by atoms with Gasteiger partial charge in [0.15, 0.2) is 0 Å². The number of aliphatic carboxylic acids is 1. The Morgan fingerprint density at radius 2 is 2.22 bits per heavy atom. The summed E-state index contributed by atoms with van der Waals surface area (Å²) in [7, 11) is 1.61. The lowest BCUT2D eigenvalue weighted by Crippen LogP contribution is -2.35. The minimum atomic E-state index is -1.05. The average molecular weight is 251 g/mol. The van der Waals surface area contributed by atoms with E-state index in [2.05, 4.69) is 0 Å². The number of benzene rings is 1. The van der Waals surface area contributed by atoms with Gasteiger partial charge >= 0.3 is 5.97 Å². The number of aliphatic hydroxyl groups excluding tert-OH is 1. The summed E-state index contributed by atoms with van der Waals surface area (Å²) in [6.45, 7) is 0. The smallest absolute Gasteiger partial charge is 0.333 e. The third kappa shape index (κ3) is 2.36. The van der Waals surface area contributed by atoms with Crippen LogP contribution in [0.4, 0.5) is 4.39 Å². The second-order valence-electron chi connectivity index (χ2n) is 4.38. The molecule has 0 bridgehead atoms. The topological polar surface area (TPSA) is 60.8 Å². The first-order valence-corrected chi connectivity index (χ1v) is 5.59. The second kappa shape index (κ2) is 4.78. The molecule has 96 valence electrons. The highest BCUT2D eigenvalue weighted by molar-refractivity contribution is 5.88. The van der Waals surface area contributed by atoms with Gasteiger partial charge in [-0.05, 0) is 17.7 Å². The van der Waals surface area contributed by atoms with Crippen molar-refractivity contribution in [3.05, 3.63) is 47.4 Å². The van der Waals surface area contributed by atoms with Gasteiger partial charge in [0.25, 0.3) is 0 Å². The summed E-state index contributed by atoms with van der Waals surface area (Å²) in [5.41, 5.74) is 0.726. The lowest BCUT2D eigenvalue weighted by molar-refractivity contribution is -0.133. The van der Waals surface area contributed by atoms with Gasteiger partial charge in [0, 0.05) is 25.6 Å². The SMILES string of the molecule is CN1C=C(C(=O)O)C(c2cccc(F)c2)CC1O. The highest BCUT2D eigenvalue weighted by Crippen LogP contribution is 2.34. The Kier molecular flexibility index (Phi) is 3.34. The summed E-state index contributed by atoms with van der Waals surface area (Å²) < 4.78 is 13.2. The molecule has 0 aromatic heterocycles. The highest BCUT2D eigenvalue weighted by Gasteiger charge is 2.31. The van der Waals surface area contributed by atoms with Crippen LogP contribution in [0.2, 0.25) is 0 Å². The molecule has 1 aromatic carbocycles. The number of aliphatic hydroxyl groups is 1. The zero-order valence-corrected chi connectivity index (χ0v) is 9.88. The van der Waals surface area contributed by atoms with Gasteiger partial charge < -0.3 is 15.1 Å². The molecular weight excluding hydrogens is 237 g/mol. The van der Waals surface area contributed by atoms with Crippen LogP contribution in [0.3, 0.4) is 0 Å². The number of hydrogen-bond donors (Lipinski definition) is 2. The number of carboxylic acid groups (broad SMARTS) is 1. The van der Waals surface area contributed by atoms with Crippen molar-refractivity contribution >= 4 is 5.97 Å². The molecule has 2 unspecified atom stereocenters. The zero-order chi connectivity index (χ0) is 13.3. The fourth-order valence-electron chi connectivity index (χ4n) is 2.14. The first kappa shape index (κ1) is 12.6. The molecule has 2 N–H and O–H groups in total. The zero-order valence-electron chi connectivity index (χ0n) is 9.88. The Labute approximate surface area is 104 Å². The molecular formula is C13H14FNO3. The van der Waals surface area contributed by atoms with E-state index in [1.54, 1.807) is 13.1 Å².